The molecule has 1 atom stereocenters. The minimum Gasteiger partial charge on any atom is -0.497 e. The van der Waals surface area contributed by atoms with Gasteiger partial charge in [-0.25, -0.2) is 4.98 Å². The fraction of sp³-hybridized carbons (Fsp3) is 0.333. The van der Waals surface area contributed by atoms with Crippen LogP contribution in [0.15, 0.2) is 42.6 Å². The zero-order valence-electron chi connectivity index (χ0n) is 13.6. The number of carbonyl (C=O) groups excluding carboxylic acids is 1. The van der Waals surface area contributed by atoms with Gasteiger partial charge in [-0.1, -0.05) is 6.07 Å². The number of benzene rings is 1. The lowest BCUT2D eigenvalue weighted by molar-refractivity contribution is 0.102. The summed E-state index contributed by atoms with van der Waals surface area (Å²) in [7, 11) is 1.57. The largest absolute Gasteiger partial charge is 0.497 e. The van der Waals surface area contributed by atoms with Crippen LogP contribution in [0.3, 0.4) is 0 Å². The Labute approximate surface area is 141 Å². The van der Waals surface area contributed by atoms with Crippen LogP contribution >= 0.6 is 0 Å². The molecule has 3 rings (SSSR count). The minimum atomic E-state index is -0.198. The molecule has 2 aromatic rings. The van der Waals surface area contributed by atoms with Gasteiger partial charge >= 0.3 is 0 Å². The van der Waals surface area contributed by atoms with Gasteiger partial charge in [0.15, 0.2) is 0 Å². The summed E-state index contributed by atoms with van der Waals surface area (Å²) >= 11 is 0. The molecule has 2 heterocycles. The van der Waals surface area contributed by atoms with E-state index in [2.05, 4.69) is 15.6 Å². The number of rotatable bonds is 6. The van der Waals surface area contributed by atoms with Crippen molar-refractivity contribution in [2.75, 3.05) is 30.9 Å². The van der Waals surface area contributed by atoms with Crippen LogP contribution in [0.2, 0.25) is 0 Å². The number of ether oxygens (including phenoxy) is 2. The van der Waals surface area contributed by atoms with E-state index in [-0.39, 0.29) is 12.0 Å². The van der Waals surface area contributed by atoms with E-state index in [1.807, 2.05) is 12.1 Å². The van der Waals surface area contributed by atoms with Crippen LogP contribution < -0.4 is 15.4 Å². The van der Waals surface area contributed by atoms with Crippen molar-refractivity contribution in [1.29, 1.82) is 0 Å². The van der Waals surface area contributed by atoms with Gasteiger partial charge in [-0.3, -0.25) is 4.79 Å². The first-order valence-corrected chi connectivity index (χ1v) is 8.01. The molecule has 6 nitrogen and oxygen atoms in total. The summed E-state index contributed by atoms with van der Waals surface area (Å²) < 4.78 is 10.7. The molecule has 1 fully saturated rings. The first kappa shape index (κ1) is 16.3. The van der Waals surface area contributed by atoms with E-state index in [4.69, 9.17) is 9.47 Å². The van der Waals surface area contributed by atoms with Crippen molar-refractivity contribution in [1.82, 2.24) is 4.98 Å². The maximum Gasteiger partial charge on any atom is 0.255 e. The molecular weight excluding hydrogens is 306 g/mol. The Balaban J connectivity index is 1.55. The molecule has 6 heteroatoms. The summed E-state index contributed by atoms with van der Waals surface area (Å²) in [5.74, 6) is 1.22. The third-order valence-corrected chi connectivity index (χ3v) is 3.89. The van der Waals surface area contributed by atoms with Crippen molar-refractivity contribution >= 4 is 17.4 Å². The Kier molecular flexibility index (Phi) is 5.28. The number of nitrogens with zero attached hydrogens (tertiary/aromatic N) is 1. The highest BCUT2D eigenvalue weighted by Crippen LogP contribution is 2.16. The highest BCUT2D eigenvalue weighted by atomic mass is 16.5. The fourth-order valence-corrected chi connectivity index (χ4v) is 2.56. The van der Waals surface area contributed by atoms with Crippen LogP contribution in [-0.4, -0.2) is 37.3 Å². The number of hydrogen-bond donors (Lipinski definition) is 2. The summed E-state index contributed by atoms with van der Waals surface area (Å²) in [6.07, 6.45) is 4.10. The molecule has 1 aromatic heterocycles. The van der Waals surface area contributed by atoms with E-state index >= 15 is 0 Å². The van der Waals surface area contributed by atoms with Crippen LogP contribution in [-0.2, 0) is 4.74 Å². The molecule has 24 heavy (non-hydrogen) atoms. The van der Waals surface area contributed by atoms with Crippen molar-refractivity contribution in [3.8, 4) is 5.75 Å². The summed E-state index contributed by atoms with van der Waals surface area (Å²) in [6, 6.07) is 10.7. The predicted molar refractivity (Wildman–Crippen MR) is 92.6 cm³/mol. The lowest BCUT2D eigenvalue weighted by Gasteiger charge is -2.11. The first-order valence-electron chi connectivity index (χ1n) is 8.01. The number of pyridine rings is 1. The van der Waals surface area contributed by atoms with Crippen molar-refractivity contribution < 1.29 is 14.3 Å². The molecule has 0 bridgehead atoms. The van der Waals surface area contributed by atoms with E-state index in [1.165, 1.54) is 0 Å². The van der Waals surface area contributed by atoms with E-state index in [1.54, 1.807) is 37.6 Å². The number of hydrogen-bond acceptors (Lipinski definition) is 5. The third-order valence-electron chi connectivity index (χ3n) is 3.89. The maximum atomic E-state index is 12.2. The molecule has 0 aliphatic carbocycles. The molecule has 126 valence electrons. The zero-order chi connectivity index (χ0) is 16.8. The number of nitrogens with one attached hydrogen (secondary N) is 2. The summed E-state index contributed by atoms with van der Waals surface area (Å²) in [5, 5.41) is 6.07. The average molecular weight is 327 g/mol. The second kappa shape index (κ2) is 7.79. The highest BCUT2D eigenvalue weighted by molar-refractivity contribution is 6.04. The van der Waals surface area contributed by atoms with E-state index in [0.29, 0.717) is 17.0 Å². The van der Waals surface area contributed by atoms with E-state index < -0.39 is 0 Å². The van der Waals surface area contributed by atoms with Gasteiger partial charge in [0.25, 0.3) is 5.91 Å². The van der Waals surface area contributed by atoms with Gasteiger partial charge < -0.3 is 20.1 Å². The fourth-order valence-electron chi connectivity index (χ4n) is 2.56. The summed E-state index contributed by atoms with van der Waals surface area (Å²) in [5.41, 5.74) is 1.18. The van der Waals surface area contributed by atoms with Crippen molar-refractivity contribution in [2.24, 2.45) is 0 Å². The van der Waals surface area contributed by atoms with Crippen molar-refractivity contribution in [3.05, 3.63) is 48.2 Å². The molecule has 1 aliphatic heterocycles. The molecule has 1 unspecified atom stereocenters. The SMILES string of the molecule is COc1cccc(C(=O)Nc2ccc(NCC3CCCO3)nc2)c1. The highest BCUT2D eigenvalue weighted by Gasteiger charge is 2.15. The second-order valence-electron chi connectivity index (χ2n) is 5.63. The lowest BCUT2D eigenvalue weighted by atomic mass is 10.2. The van der Waals surface area contributed by atoms with Crippen LogP contribution in [0.1, 0.15) is 23.2 Å². The van der Waals surface area contributed by atoms with Gasteiger partial charge in [0.2, 0.25) is 0 Å². The van der Waals surface area contributed by atoms with Crippen molar-refractivity contribution in [2.45, 2.75) is 18.9 Å². The molecule has 0 spiro atoms. The van der Waals surface area contributed by atoms with Gasteiger partial charge in [-0.15, -0.1) is 0 Å². The number of carbonyl (C=O) groups is 1. The Morgan fingerprint density at radius 2 is 2.29 bits per heavy atom. The second-order valence-corrected chi connectivity index (χ2v) is 5.63. The minimum absolute atomic E-state index is 0.198. The molecule has 0 saturated carbocycles. The molecule has 2 N–H and O–H groups in total. The molecular formula is C18H21N3O3. The zero-order valence-corrected chi connectivity index (χ0v) is 13.6. The van der Waals surface area contributed by atoms with E-state index in [0.717, 1.165) is 31.8 Å². The topological polar surface area (TPSA) is 72.5 Å². The van der Waals surface area contributed by atoms with Gasteiger partial charge in [-0.05, 0) is 43.2 Å². The Morgan fingerprint density at radius 3 is 3.00 bits per heavy atom. The Morgan fingerprint density at radius 1 is 1.38 bits per heavy atom. The summed E-state index contributed by atoms with van der Waals surface area (Å²) in [6.45, 7) is 1.59. The van der Waals surface area contributed by atoms with E-state index in [9.17, 15) is 4.79 Å². The lowest BCUT2D eigenvalue weighted by Crippen LogP contribution is -2.19. The Hall–Kier alpha value is -2.60. The standard InChI is InChI=1S/C18H21N3O3/c1-23-15-5-2-4-13(10-15)18(22)21-14-7-8-17(19-11-14)20-12-16-6-3-9-24-16/h2,4-5,7-8,10-11,16H,3,6,9,12H2,1H3,(H,19,20)(H,21,22). The summed E-state index contributed by atoms with van der Waals surface area (Å²) in [4.78, 5) is 16.6. The molecule has 1 amide bonds. The van der Waals surface area contributed by atoms with Gasteiger partial charge in [0.1, 0.15) is 11.6 Å². The quantitative estimate of drug-likeness (QED) is 0.853. The van der Waals surface area contributed by atoms with Crippen LogP contribution in [0.5, 0.6) is 5.75 Å². The first-order chi connectivity index (χ1) is 11.7. The molecule has 1 aromatic carbocycles. The third kappa shape index (κ3) is 4.23. The van der Waals surface area contributed by atoms with Crippen LogP contribution in [0.4, 0.5) is 11.5 Å². The number of methoxy groups -OCH3 is 1. The number of aromatic nitrogens is 1. The molecule has 0 radical (unpaired) electrons. The maximum absolute atomic E-state index is 12.2. The Bertz CT molecular complexity index is 682. The van der Waals surface area contributed by atoms with Crippen LogP contribution in [0, 0.1) is 0 Å². The van der Waals surface area contributed by atoms with Crippen LogP contribution in [0.25, 0.3) is 0 Å². The van der Waals surface area contributed by atoms with Gasteiger partial charge in [0.05, 0.1) is 25.1 Å². The van der Waals surface area contributed by atoms with Crippen molar-refractivity contribution in [3.63, 3.8) is 0 Å². The monoisotopic (exact) mass is 327 g/mol. The number of amides is 1. The van der Waals surface area contributed by atoms with Gasteiger partial charge in [-0.2, -0.15) is 0 Å². The number of anilines is 2. The average Bonchev–Trinajstić information content (AvgIpc) is 3.15. The molecule has 1 saturated heterocycles. The smallest absolute Gasteiger partial charge is 0.255 e. The molecule has 1 aliphatic rings. The predicted octanol–water partition coefficient (Wildman–Crippen LogP) is 2.93. The normalized spacial score (nSPS) is 16.6. The van der Waals surface area contributed by atoms with Gasteiger partial charge in [0, 0.05) is 18.7 Å².